The van der Waals surface area contributed by atoms with E-state index in [1.54, 1.807) is 11.9 Å². The molecule has 1 atom stereocenters. The molecule has 1 amide bonds. The number of carbonyl (C=O) groups is 1. The lowest BCUT2D eigenvalue weighted by Crippen LogP contribution is -2.20. The molecule has 1 unspecified atom stereocenters. The minimum Gasteiger partial charge on any atom is -0.384 e. The third kappa shape index (κ3) is 2.61. The van der Waals surface area contributed by atoms with Crippen LogP contribution in [0, 0.1) is 6.92 Å². The van der Waals surface area contributed by atoms with E-state index in [0.29, 0.717) is 6.42 Å². The first-order valence-electron chi connectivity index (χ1n) is 6.80. The summed E-state index contributed by atoms with van der Waals surface area (Å²) in [6, 6.07) is 11.6. The molecule has 0 bridgehead atoms. The Morgan fingerprint density at radius 2 is 1.95 bits per heavy atom. The third-order valence-corrected chi connectivity index (χ3v) is 4.33. The summed E-state index contributed by atoms with van der Waals surface area (Å²) in [5.41, 5.74) is 4.66. The van der Waals surface area contributed by atoms with E-state index < -0.39 is 6.10 Å². The zero-order valence-corrected chi connectivity index (χ0v) is 13.5. The van der Waals surface area contributed by atoms with E-state index in [4.69, 9.17) is 0 Å². The fourth-order valence-corrected chi connectivity index (χ4v) is 3.40. The highest BCUT2D eigenvalue weighted by Crippen LogP contribution is 2.32. The first kappa shape index (κ1) is 14.3. The first-order chi connectivity index (χ1) is 9.95. The van der Waals surface area contributed by atoms with Crippen molar-refractivity contribution >= 4 is 27.5 Å². The van der Waals surface area contributed by atoms with Gasteiger partial charge in [0.2, 0.25) is 5.91 Å². The van der Waals surface area contributed by atoms with Crippen LogP contribution in [0.1, 0.15) is 28.4 Å². The van der Waals surface area contributed by atoms with E-state index in [9.17, 15) is 9.90 Å². The molecular weight excluding hydrogens is 330 g/mol. The molecule has 0 spiro atoms. The Bertz CT molecular complexity index is 706. The molecule has 108 valence electrons. The van der Waals surface area contributed by atoms with Crippen LogP contribution in [0.2, 0.25) is 0 Å². The third-order valence-electron chi connectivity index (χ3n) is 3.88. The summed E-state index contributed by atoms with van der Waals surface area (Å²) in [5, 5.41) is 10.6. The molecule has 0 aliphatic carbocycles. The summed E-state index contributed by atoms with van der Waals surface area (Å²) in [4.78, 5) is 13.4. The number of aryl methyl sites for hydroxylation is 1. The van der Waals surface area contributed by atoms with Gasteiger partial charge in [0.15, 0.2) is 0 Å². The Morgan fingerprint density at radius 3 is 2.67 bits per heavy atom. The molecule has 2 aromatic carbocycles. The minimum absolute atomic E-state index is 0.0925. The molecule has 3 rings (SSSR count). The maximum Gasteiger partial charge on any atom is 0.231 e. The van der Waals surface area contributed by atoms with Gasteiger partial charge in [0, 0.05) is 17.2 Å². The highest BCUT2D eigenvalue weighted by atomic mass is 79.9. The van der Waals surface area contributed by atoms with Crippen LogP contribution in [0.25, 0.3) is 0 Å². The fraction of sp³-hybridized carbons (Fsp3) is 0.235. The van der Waals surface area contributed by atoms with Crippen LogP contribution < -0.4 is 4.90 Å². The van der Waals surface area contributed by atoms with Crippen molar-refractivity contribution in [3.05, 3.63) is 63.1 Å². The number of rotatable bonds is 2. The molecular formula is C17H16BrNO2. The van der Waals surface area contributed by atoms with Crippen molar-refractivity contribution in [1.82, 2.24) is 0 Å². The van der Waals surface area contributed by atoms with Gasteiger partial charge < -0.3 is 10.0 Å². The molecule has 1 N–H and O–H groups in total. The smallest absolute Gasteiger partial charge is 0.231 e. The number of likely N-dealkylation sites (N-methyl/N-ethyl adjacent to an activating group) is 1. The number of halogens is 1. The van der Waals surface area contributed by atoms with Gasteiger partial charge in [-0.1, -0.05) is 34.1 Å². The highest BCUT2D eigenvalue weighted by Gasteiger charge is 2.25. The molecule has 3 nitrogen and oxygen atoms in total. The number of nitrogens with zero attached hydrogens (tertiary/aromatic N) is 1. The number of aliphatic hydroxyl groups is 1. The average Bonchev–Trinajstić information content (AvgIpc) is 2.71. The average molecular weight is 346 g/mol. The van der Waals surface area contributed by atoms with Gasteiger partial charge in [0.1, 0.15) is 6.10 Å². The largest absolute Gasteiger partial charge is 0.384 e. The van der Waals surface area contributed by atoms with Gasteiger partial charge in [-0.2, -0.15) is 0 Å². The maximum absolute atomic E-state index is 11.7. The van der Waals surface area contributed by atoms with Crippen LogP contribution in [-0.2, 0) is 11.2 Å². The van der Waals surface area contributed by atoms with Crippen molar-refractivity contribution in [2.75, 3.05) is 11.9 Å². The molecule has 2 aromatic rings. The summed E-state index contributed by atoms with van der Waals surface area (Å²) >= 11 is 3.46. The summed E-state index contributed by atoms with van der Waals surface area (Å²) in [6.07, 6.45) is -0.281. The van der Waals surface area contributed by atoms with Crippen molar-refractivity contribution in [3.8, 4) is 0 Å². The second-order valence-electron chi connectivity index (χ2n) is 5.48. The molecule has 1 heterocycles. The van der Waals surface area contributed by atoms with Crippen molar-refractivity contribution < 1.29 is 9.90 Å². The molecule has 0 aromatic heterocycles. The summed E-state index contributed by atoms with van der Waals surface area (Å²) in [5.74, 6) is 0.0925. The quantitative estimate of drug-likeness (QED) is 0.906. The molecule has 1 aliphatic heterocycles. The Balaban J connectivity index is 1.98. The predicted octanol–water partition coefficient (Wildman–Crippen LogP) is 3.36. The lowest BCUT2D eigenvalue weighted by Gasteiger charge is -2.15. The second kappa shape index (κ2) is 5.28. The normalized spacial score (nSPS) is 15.2. The number of hydrogen-bond acceptors (Lipinski definition) is 2. The predicted molar refractivity (Wildman–Crippen MR) is 86.5 cm³/mol. The number of benzene rings is 2. The summed E-state index contributed by atoms with van der Waals surface area (Å²) in [6.45, 7) is 2.00. The number of amides is 1. The summed E-state index contributed by atoms with van der Waals surface area (Å²) in [7, 11) is 1.78. The lowest BCUT2D eigenvalue weighted by atomic mass is 9.97. The molecule has 4 heteroatoms. The fourth-order valence-electron chi connectivity index (χ4n) is 2.78. The minimum atomic E-state index is -0.687. The SMILES string of the molecule is Cc1cc(Br)cc(C(O)c2ccc3c(c2)CC(=O)N3C)c1. The van der Waals surface area contributed by atoms with Crippen molar-refractivity contribution in [2.24, 2.45) is 0 Å². The Labute approximate surface area is 132 Å². The van der Waals surface area contributed by atoms with Crippen molar-refractivity contribution in [2.45, 2.75) is 19.4 Å². The summed E-state index contributed by atoms with van der Waals surface area (Å²) < 4.78 is 0.952. The van der Waals surface area contributed by atoms with E-state index in [1.807, 2.05) is 43.3 Å². The number of carbonyl (C=O) groups excluding carboxylic acids is 1. The monoisotopic (exact) mass is 345 g/mol. The van der Waals surface area contributed by atoms with Gasteiger partial charge >= 0.3 is 0 Å². The van der Waals surface area contributed by atoms with Crippen molar-refractivity contribution in [3.63, 3.8) is 0 Å². The molecule has 1 aliphatic rings. The van der Waals surface area contributed by atoms with Crippen LogP contribution in [0.5, 0.6) is 0 Å². The van der Waals surface area contributed by atoms with Gasteiger partial charge in [-0.15, -0.1) is 0 Å². The Hall–Kier alpha value is -1.65. The zero-order chi connectivity index (χ0) is 15.1. The van der Waals surface area contributed by atoms with Crippen LogP contribution in [-0.4, -0.2) is 18.1 Å². The number of fused-ring (bicyclic) bond motifs is 1. The van der Waals surface area contributed by atoms with Crippen LogP contribution in [0.4, 0.5) is 5.69 Å². The van der Waals surface area contributed by atoms with Crippen LogP contribution in [0.15, 0.2) is 40.9 Å². The van der Waals surface area contributed by atoms with Gasteiger partial charge in [0.05, 0.1) is 6.42 Å². The van der Waals surface area contributed by atoms with E-state index in [2.05, 4.69) is 15.9 Å². The maximum atomic E-state index is 11.7. The second-order valence-corrected chi connectivity index (χ2v) is 6.40. The molecule has 0 saturated carbocycles. The first-order valence-corrected chi connectivity index (χ1v) is 7.59. The molecule has 0 saturated heterocycles. The zero-order valence-electron chi connectivity index (χ0n) is 11.9. The highest BCUT2D eigenvalue weighted by molar-refractivity contribution is 9.10. The van der Waals surface area contributed by atoms with Crippen LogP contribution in [0.3, 0.4) is 0 Å². The number of anilines is 1. The number of hydrogen-bond donors (Lipinski definition) is 1. The standard InChI is InChI=1S/C17H16BrNO2/c1-10-5-13(8-14(18)6-10)17(21)11-3-4-15-12(7-11)9-16(20)19(15)2/h3-8,17,21H,9H2,1-2H3. The Kier molecular flexibility index (Phi) is 3.59. The lowest BCUT2D eigenvalue weighted by molar-refractivity contribution is -0.117. The van der Waals surface area contributed by atoms with E-state index in [-0.39, 0.29) is 5.91 Å². The van der Waals surface area contributed by atoms with E-state index in [1.165, 1.54) is 0 Å². The van der Waals surface area contributed by atoms with Crippen LogP contribution >= 0.6 is 15.9 Å². The van der Waals surface area contributed by atoms with Gasteiger partial charge in [-0.3, -0.25) is 4.79 Å². The van der Waals surface area contributed by atoms with E-state index >= 15 is 0 Å². The van der Waals surface area contributed by atoms with Gasteiger partial charge in [-0.05, 0) is 47.4 Å². The molecule has 0 radical (unpaired) electrons. The van der Waals surface area contributed by atoms with Gasteiger partial charge in [0.25, 0.3) is 0 Å². The van der Waals surface area contributed by atoms with Gasteiger partial charge in [-0.25, -0.2) is 0 Å². The Morgan fingerprint density at radius 1 is 1.19 bits per heavy atom. The molecule has 21 heavy (non-hydrogen) atoms. The number of aliphatic hydroxyl groups excluding tert-OH is 1. The van der Waals surface area contributed by atoms with E-state index in [0.717, 1.165) is 32.4 Å². The van der Waals surface area contributed by atoms with Crippen molar-refractivity contribution in [1.29, 1.82) is 0 Å². The molecule has 0 fully saturated rings. The topological polar surface area (TPSA) is 40.5 Å².